The van der Waals surface area contributed by atoms with Gasteiger partial charge in [-0.05, 0) is 38.3 Å². The zero-order chi connectivity index (χ0) is 10.5. The van der Waals surface area contributed by atoms with Crippen molar-refractivity contribution in [1.29, 1.82) is 0 Å². The van der Waals surface area contributed by atoms with Crippen molar-refractivity contribution in [2.24, 2.45) is 0 Å². The Labute approximate surface area is 91.4 Å². The predicted octanol–water partition coefficient (Wildman–Crippen LogP) is 2.84. The van der Waals surface area contributed by atoms with Gasteiger partial charge >= 0.3 is 0 Å². The van der Waals surface area contributed by atoms with E-state index in [9.17, 15) is 0 Å². The van der Waals surface area contributed by atoms with E-state index in [1.807, 2.05) is 18.3 Å². The fourth-order valence-corrected chi connectivity index (χ4v) is 2.02. The normalized spacial score (nSPS) is 22.6. The van der Waals surface area contributed by atoms with Crippen LogP contribution in [0.15, 0.2) is 36.5 Å². The van der Waals surface area contributed by atoms with E-state index in [2.05, 4.69) is 35.4 Å². The molecule has 1 aromatic heterocycles. The van der Waals surface area contributed by atoms with E-state index in [4.69, 9.17) is 0 Å². The van der Waals surface area contributed by atoms with Crippen LogP contribution in [0.1, 0.15) is 37.9 Å². The van der Waals surface area contributed by atoms with Crippen molar-refractivity contribution < 1.29 is 0 Å². The second-order valence-electron chi connectivity index (χ2n) is 4.12. The number of rotatable bonds is 3. The van der Waals surface area contributed by atoms with Crippen LogP contribution in [0.4, 0.5) is 0 Å². The van der Waals surface area contributed by atoms with E-state index in [1.165, 1.54) is 12.8 Å². The maximum Gasteiger partial charge on any atom is 0.0570 e. The zero-order valence-corrected chi connectivity index (χ0v) is 9.19. The van der Waals surface area contributed by atoms with Gasteiger partial charge < -0.3 is 5.32 Å². The first-order valence-corrected chi connectivity index (χ1v) is 5.68. The van der Waals surface area contributed by atoms with Gasteiger partial charge in [0.1, 0.15) is 0 Å². The van der Waals surface area contributed by atoms with Gasteiger partial charge in [-0.15, -0.1) is 0 Å². The standard InChI is InChI=1S/C13H18N2/c1-11(13-9-5-6-10-14-13)15-12-7-3-2-4-8-12/h2-3,5-6,9-12,15H,4,7-8H2,1H3. The maximum absolute atomic E-state index is 4.36. The van der Waals surface area contributed by atoms with Gasteiger partial charge in [-0.2, -0.15) is 0 Å². The molecule has 0 aromatic carbocycles. The molecule has 1 aliphatic carbocycles. The summed E-state index contributed by atoms with van der Waals surface area (Å²) < 4.78 is 0. The molecule has 1 heterocycles. The quantitative estimate of drug-likeness (QED) is 0.762. The van der Waals surface area contributed by atoms with Gasteiger partial charge in [0.25, 0.3) is 0 Å². The summed E-state index contributed by atoms with van der Waals surface area (Å²) in [6.45, 7) is 2.18. The number of nitrogens with zero attached hydrogens (tertiary/aromatic N) is 1. The third-order valence-electron chi connectivity index (χ3n) is 2.89. The van der Waals surface area contributed by atoms with Crippen molar-refractivity contribution in [2.45, 2.75) is 38.3 Å². The number of nitrogens with one attached hydrogen (secondary N) is 1. The molecule has 0 bridgehead atoms. The van der Waals surface area contributed by atoms with Gasteiger partial charge in [0, 0.05) is 18.3 Å². The average molecular weight is 202 g/mol. The first-order valence-electron chi connectivity index (χ1n) is 5.68. The summed E-state index contributed by atoms with van der Waals surface area (Å²) in [6, 6.07) is 7.05. The van der Waals surface area contributed by atoms with Gasteiger partial charge in [0.05, 0.1) is 5.69 Å². The van der Waals surface area contributed by atoms with Crippen LogP contribution in [0.3, 0.4) is 0 Å². The number of hydrogen-bond donors (Lipinski definition) is 1. The van der Waals surface area contributed by atoms with Crippen LogP contribution in [-0.2, 0) is 0 Å². The molecule has 0 radical (unpaired) electrons. The Bertz CT molecular complexity index is 319. The Kier molecular flexibility index (Phi) is 3.51. The molecule has 1 N–H and O–H groups in total. The van der Waals surface area contributed by atoms with Crippen molar-refractivity contribution in [3.8, 4) is 0 Å². The first-order chi connectivity index (χ1) is 7.36. The number of pyridine rings is 1. The zero-order valence-electron chi connectivity index (χ0n) is 9.19. The predicted molar refractivity (Wildman–Crippen MR) is 62.6 cm³/mol. The minimum absolute atomic E-state index is 0.350. The molecule has 0 spiro atoms. The molecule has 2 atom stereocenters. The molecule has 0 fully saturated rings. The molecule has 1 aromatic rings. The Morgan fingerprint density at radius 3 is 3.00 bits per heavy atom. The SMILES string of the molecule is CC(NC1CC=CCC1)c1ccccn1. The average Bonchev–Trinajstić information content (AvgIpc) is 2.31. The lowest BCUT2D eigenvalue weighted by atomic mass is 10.0. The van der Waals surface area contributed by atoms with Gasteiger partial charge in [0.15, 0.2) is 0 Å². The highest BCUT2D eigenvalue weighted by atomic mass is 15.0. The number of aromatic nitrogens is 1. The van der Waals surface area contributed by atoms with Gasteiger partial charge in [-0.3, -0.25) is 4.98 Å². The number of hydrogen-bond acceptors (Lipinski definition) is 2. The second kappa shape index (κ2) is 5.08. The minimum Gasteiger partial charge on any atom is -0.306 e. The molecular formula is C13H18N2. The van der Waals surface area contributed by atoms with Crippen molar-refractivity contribution in [1.82, 2.24) is 10.3 Å². The second-order valence-corrected chi connectivity index (χ2v) is 4.12. The first kappa shape index (κ1) is 10.4. The van der Waals surface area contributed by atoms with Gasteiger partial charge in [-0.1, -0.05) is 18.2 Å². The monoisotopic (exact) mass is 202 g/mol. The molecule has 0 saturated heterocycles. The summed E-state index contributed by atoms with van der Waals surface area (Å²) in [5, 5.41) is 3.62. The van der Waals surface area contributed by atoms with Crippen molar-refractivity contribution in [3.63, 3.8) is 0 Å². The van der Waals surface area contributed by atoms with E-state index in [0.717, 1.165) is 12.1 Å². The summed E-state index contributed by atoms with van der Waals surface area (Å²) in [4.78, 5) is 4.36. The minimum atomic E-state index is 0.350. The molecule has 0 saturated carbocycles. The van der Waals surface area contributed by atoms with Crippen LogP contribution >= 0.6 is 0 Å². The summed E-state index contributed by atoms with van der Waals surface area (Å²) >= 11 is 0. The van der Waals surface area contributed by atoms with Crippen LogP contribution in [0.2, 0.25) is 0 Å². The summed E-state index contributed by atoms with van der Waals surface area (Å²) in [6.07, 6.45) is 9.99. The summed E-state index contributed by atoms with van der Waals surface area (Å²) in [5.41, 5.74) is 1.13. The van der Waals surface area contributed by atoms with E-state index >= 15 is 0 Å². The molecule has 1 aliphatic rings. The summed E-state index contributed by atoms with van der Waals surface area (Å²) in [5.74, 6) is 0. The summed E-state index contributed by atoms with van der Waals surface area (Å²) in [7, 11) is 0. The van der Waals surface area contributed by atoms with Crippen LogP contribution in [0.25, 0.3) is 0 Å². The van der Waals surface area contributed by atoms with Crippen LogP contribution in [-0.4, -0.2) is 11.0 Å². The molecule has 2 nitrogen and oxygen atoms in total. The fraction of sp³-hybridized carbons (Fsp3) is 0.462. The van der Waals surface area contributed by atoms with Crippen LogP contribution < -0.4 is 5.32 Å². The Morgan fingerprint density at radius 2 is 2.33 bits per heavy atom. The lowest BCUT2D eigenvalue weighted by Gasteiger charge is -2.23. The Balaban J connectivity index is 1.92. The Hall–Kier alpha value is -1.15. The van der Waals surface area contributed by atoms with Crippen molar-refractivity contribution in [2.75, 3.05) is 0 Å². The van der Waals surface area contributed by atoms with Crippen molar-refractivity contribution in [3.05, 3.63) is 42.2 Å². The highest BCUT2D eigenvalue weighted by Gasteiger charge is 2.13. The van der Waals surface area contributed by atoms with E-state index < -0.39 is 0 Å². The van der Waals surface area contributed by atoms with E-state index in [0.29, 0.717) is 12.1 Å². The molecule has 2 rings (SSSR count). The smallest absolute Gasteiger partial charge is 0.0570 e. The molecule has 0 aliphatic heterocycles. The third kappa shape index (κ3) is 2.90. The molecule has 15 heavy (non-hydrogen) atoms. The van der Waals surface area contributed by atoms with Gasteiger partial charge in [0.2, 0.25) is 0 Å². The lowest BCUT2D eigenvalue weighted by molar-refractivity contribution is 0.421. The third-order valence-corrected chi connectivity index (χ3v) is 2.89. The molecule has 2 unspecified atom stereocenters. The fourth-order valence-electron chi connectivity index (χ4n) is 2.02. The highest BCUT2D eigenvalue weighted by Crippen LogP contribution is 2.16. The van der Waals surface area contributed by atoms with Crippen LogP contribution in [0.5, 0.6) is 0 Å². The van der Waals surface area contributed by atoms with Gasteiger partial charge in [-0.25, -0.2) is 0 Å². The van der Waals surface area contributed by atoms with E-state index in [-0.39, 0.29) is 0 Å². The molecule has 0 amide bonds. The van der Waals surface area contributed by atoms with Crippen LogP contribution in [0, 0.1) is 0 Å². The maximum atomic E-state index is 4.36. The molecular weight excluding hydrogens is 184 g/mol. The highest BCUT2D eigenvalue weighted by molar-refractivity contribution is 5.08. The largest absolute Gasteiger partial charge is 0.306 e. The lowest BCUT2D eigenvalue weighted by Crippen LogP contribution is -2.32. The molecule has 2 heteroatoms. The Morgan fingerprint density at radius 1 is 1.40 bits per heavy atom. The molecule has 80 valence electrons. The topological polar surface area (TPSA) is 24.9 Å². The van der Waals surface area contributed by atoms with E-state index in [1.54, 1.807) is 0 Å². The van der Waals surface area contributed by atoms with Crippen molar-refractivity contribution >= 4 is 0 Å². The number of allylic oxidation sites excluding steroid dienone is 1.